The van der Waals surface area contributed by atoms with E-state index >= 15 is 0 Å². The topological polar surface area (TPSA) is 75.7 Å². The van der Waals surface area contributed by atoms with Gasteiger partial charge in [-0.1, -0.05) is 48.5 Å². The van der Waals surface area contributed by atoms with Gasteiger partial charge < -0.3 is 10.1 Å². The van der Waals surface area contributed by atoms with Gasteiger partial charge in [0.1, 0.15) is 11.8 Å². The number of nitrogens with one attached hydrogen (secondary N) is 1. The van der Waals surface area contributed by atoms with Crippen LogP contribution in [0.1, 0.15) is 22.3 Å². The van der Waals surface area contributed by atoms with Gasteiger partial charge >= 0.3 is 0 Å². The highest BCUT2D eigenvalue weighted by Crippen LogP contribution is 2.29. The molecule has 0 unspecified atom stereocenters. The predicted octanol–water partition coefficient (Wildman–Crippen LogP) is 3.44. The van der Waals surface area contributed by atoms with E-state index in [2.05, 4.69) is 5.32 Å². The summed E-state index contributed by atoms with van der Waals surface area (Å²) in [5.41, 5.74) is 3.67. The number of hydrogen-bond acceptors (Lipinski definition) is 4. The van der Waals surface area contributed by atoms with Crippen molar-refractivity contribution in [1.82, 2.24) is 9.62 Å². The zero-order valence-corrected chi connectivity index (χ0v) is 18.9. The predicted molar refractivity (Wildman–Crippen MR) is 123 cm³/mol. The minimum atomic E-state index is -3.86. The molecule has 0 saturated carbocycles. The van der Waals surface area contributed by atoms with Crippen molar-refractivity contribution in [3.8, 4) is 5.75 Å². The number of carbonyl (C=O) groups excluding carboxylic acids is 1. The van der Waals surface area contributed by atoms with Gasteiger partial charge in [-0.2, -0.15) is 4.31 Å². The summed E-state index contributed by atoms with van der Waals surface area (Å²) in [4.78, 5) is 13.4. The standard InChI is InChI=1S/C25H26N2O4S/c1-18-6-5-9-23(14-18)32(29,30)27-17-21-8-4-3-7-20(21)15-24(27)25(28)26-16-19-10-12-22(31-2)13-11-19/h3-14,24H,15-17H2,1-2H3,(H,26,28)/t24-/m1/s1. The number of aryl methyl sites for hydroxylation is 1. The molecule has 166 valence electrons. The SMILES string of the molecule is COc1ccc(CNC(=O)[C@H]2Cc3ccccc3CN2S(=O)(=O)c2cccc(C)c2)cc1. The molecule has 6 nitrogen and oxygen atoms in total. The molecule has 3 aromatic rings. The third-order valence-corrected chi connectivity index (χ3v) is 7.58. The molecular formula is C25H26N2O4S. The zero-order chi connectivity index (χ0) is 22.7. The van der Waals surface area contributed by atoms with Crippen LogP contribution < -0.4 is 10.1 Å². The van der Waals surface area contributed by atoms with E-state index in [0.29, 0.717) is 13.0 Å². The Morgan fingerprint density at radius 3 is 2.44 bits per heavy atom. The molecule has 0 saturated heterocycles. The van der Waals surface area contributed by atoms with Crippen molar-refractivity contribution in [1.29, 1.82) is 0 Å². The minimum Gasteiger partial charge on any atom is -0.497 e. The lowest BCUT2D eigenvalue weighted by Crippen LogP contribution is -2.52. The molecule has 1 heterocycles. The molecule has 1 aliphatic rings. The molecule has 1 amide bonds. The molecule has 3 aromatic carbocycles. The average molecular weight is 451 g/mol. The fourth-order valence-electron chi connectivity index (χ4n) is 3.94. The molecule has 0 aliphatic carbocycles. The van der Waals surface area contributed by atoms with E-state index in [0.717, 1.165) is 28.0 Å². The van der Waals surface area contributed by atoms with Gasteiger partial charge in [-0.25, -0.2) is 8.42 Å². The molecule has 4 rings (SSSR count). The Hall–Kier alpha value is -3.16. The van der Waals surface area contributed by atoms with Crippen LogP contribution in [0.3, 0.4) is 0 Å². The van der Waals surface area contributed by atoms with Crippen molar-refractivity contribution in [2.45, 2.75) is 37.4 Å². The van der Waals surface area contributed by atoms with Crippen LogP contribution in [0.5, 0.6) is 5.75 Å². The number of fused-ring (bicyclic) bond motifs is 1. The Balaban J connectivity index is 1.61. The maximum Gasteiger partial charge on any atom is 0.244 e. The first-order valence-corrected chi connectivity index (χ1v) is 11.9. The summed E-state index contributed by atoms with van der Waals surface area (Å²) in [6.45, 7) is 2.32. The first-order valence-electron chi connectivity index (χ1n) is 10.4. The average Bonchev–Trinajstić information content (AvgIpc) is 2.82. The summed E-state index contributed by atoms with van der Waals surface area (Å²) >= 11 is 0. The number of sulfonamides is 1. The van der Waals surface area contributed by atoms with Crippen molar-refractivity contribution in [3.05, 3.63) is 95.1 Å². The highest BCUT2D eigenvalue weighted by Gasteiger charge is 2.39. The van der Waals surface area contributed by atoms with Crippen LogP contribution in [-0.2, 0) is 34.3 Å². The fraction of sp³-hybridized carbons (Fsp3) is 0.240. The van der Waals surface area contributed by atoms with Crippen LogP contribution in [0, 0.1) is 6.92 Å². The highest BCUT2D eigenvalue weighted by atomic mass is 32.2. The van der Waals surface area contributed by atoms with E-state index < -0.39 is 16.1 Å². The number of benzene rings is 3. The minimum absolute atomic E-state index is 0.160. The Bertz CT molecular complexity index is 1220. The molecule has 0 bridgehead atoms. The largest absolute Gasteiger partial charge is 0.497 e. The van der Waals surface area contributed by atoms with Crippen LogP contribution >= 0.6 is 0 Å². The normalized spacial score (nSPS) is 16.2. The Kier molecular flexibility index (Phi) is 6.30. The first-order chi connectivity index (χ1) is 15.4. The number of rotatable bonds is 6. The maximum absolute atomic E-state index is 13.5. The summed E-state index contributed by atoms with van der Waals surface area (Å²) in [6.07, 6.45) is 0.329. The summed E-state index contributed by atoms with van der Waals surface area (Å²) in [7, 11) is -2.26. The third-order valence-electron chi connectivity index (χ3n) is 5.73. The van der Waals surface area contributed by atoms with Gasteiger partial charge in [-0.15, -0.1) is 0 Å². The van der Waals surface area contributed by atoms with Crippen LogP contribution in [0.15, 0.2) is 77.7 Å². The van der Waals surface area contributed by atoms with Crippen LogP contribution in [0.25, 0.3) is 0 Å². The van der Waals surface area contributed by atoms with Crippen LogP contribution in [0.2, 0.25) is 0 Å². The van der Waals surface area contributed by atoms with Crippen molar-refractivity contribution >= 4 is 15.9 Å². The third kappa shape index (κ3) is 4.54. The molecule has 7 heteroatoms. The second-order valence-electron chi connectivity index (χ2n) is 7.92. The van der Waals surface area contributed by atoms with E-state index in [1.807, 2.05) is 61.5 Å². The van der Waals surface area contributed by atoms with Gasteiger partial charge in [0.15, 0.2) is 0 Å². The van der Waals surface area contributed by atoms with Gasteiger partial charge in [-0.3, -0.25) is 4.79 Å². The molecule has 0 radical (unpaired) electrons. The zero-order valence-electron chi connectivity index (χ0n) is 18.1. The van der Waals surface area contributed by atoms with Gasteiger partial charge in [0, 0.05) is 13.1 Å². The van der Waals surface area contributed by atoms with E-state index in [1.54, 1.807) is 25.3 Å². The van der Waals surface area contributed by atoms with Crippen molar-refractivity contribution in [2.75, 3.05) is 7.11 Å². The molecule has 1 atom stereocenters. The summed E-state index contributed by atoms with van der Waals surface area (Å²) in [5.74, 6) is 0.422. The number of carbonyl (C=O) groups is 1. The van der Waals surface area contributed by atoms with Gasteiger partial charge in [0.2, 0.25) is 15.9 Å². The second-order valence-corrected chi connectivity index (χ2v) is 9.81. The first kappa shape index (κ1) is 22.0. The smallest absolute Gasteiger partial charge is 0.244 e. The molecule has 1 N–H and O–H groups in total. The Morgan fingerprint density at radius 1 is 1.03 bits per heavy atom. The summed E-state index contributed by atoms with van der Waals surface area (Å²) < 4.78 is 33.6. The van der Waals surface area contributed by atoms with E-state index in [9.17, 15) is 13.2 Å². The lowest BCUT2D eigenvalue weighted by atomic mass is 9.95. The lowest BCUT2D eigenvalue weighted by Gasteiger charge is -2.35. The molecule has 32 heavy (non-hydrogen) atoms. The summed E-state index contributed by atoms with van der Waals surface area (Å²) in [5, 5.41) is 2.92. The molecule has 1 aliphatic heterocycles. The molecule has 0 fully saturated rings. The number of amides is 1. The number of methoxy groups -OCH3 is 1. The Labute approximate surface area is 188 Å². The highest BCUT2D eigenvalue weighted by molar-refractivity contribution is 7.89. The maximum atomic E-state index is 13.5. The van der Waals surface area contributed by atoms with E-state index in [4.69, 9.17) is 4.74 Å². The van der Waals surface area contributed by atoms with Gasteiger partial charge in [0.25, 0.3) is 0 Å². The van der Waals surface area contributed by atoms with Crippen molar-refractivity contribution in [2.24, 2.45) is 0 Å². The quantitative estimate of drug-likeness (QED) is 0.624. The van der Waals surface area contributed by atoms with E-state index in [1.165, 1.54) is 4.31 Å². The van der Waals surface area contributed by atoms with Crippen LogP contribution in [0.4, 0.5) is 0 Å². The Morgan fingerprint density at radius 2 is 1.75 bits per heavy atom. The summed E-state index contributed by atoms with van der Waals surface area (Å²) in [6, 6.07) is 21.0. The number of nitrogens with zero attached hydrogens (tertiary/aromatic N) is 1. The second kappa shape index (κ2) is 9.14. The van der Waals surface area contributed by atoms with Gasteiger partial charge in [0.05, 0.1) is 12.0 Å². The lowest BCUT2D eigenvalue weighted by molar-refractivity contribution is -0.125. The van der Waals surface area contributed by atoms with Crippen molar-refractivity contribution in [3.63, 3.8) is 0 Å². The monoisotopic (exact) mass is 450 g/mol. The van der Waals surface area contributed by atoms with E-state index in [-0.39, 0.29) is 17.3 Å². The molecule has 0 spiro atoms. The fourth-order valence-corrected chi connectivity index (χ4v) is 5.61. The van der Waals surface area contributed by atoms with Crippen LogP contribution in [-0.4, -0.2) is 31.8 Å². The van der Waals surface area contributed by atoms with Crippen molar-refractivity contribution < 1.29 is 17.9 Å². The molecular weight excluding hydrogens is 424 g/mol. The number of hydrogen-bond donors (Lipinski definition) is 1. The van der Waals surface area contributed by atoms with Gasteiger partial charge in [-0.05, 0) is 59.9 Å². The molecule has 0 aromatic heterocycles. The number of ether oxygens (including phenoxy) is 1.